The summed E-state index contributed by atoms with van der Waals surface area (Å²) in [5, 5.41) is 2.85. The van der Waals surface area contributed by atoms with Crippen LogP contribution >= 0.6 is 11.3 Å². The summed E-state index contributed by atoms with van der Waals surface area (Å²) < 4.78 is 43.3. The lowest BCUT2D eigenvalue weighted by atomic mass is 10.1. The molecular weight excluding hydrogens is 450 g/mol. The van der Waals surface area contributed by atoms with Gasteiger partial charge in [-0.25, -0.2) is 13.4 Å². The molecule has 0 aliphatic carbocycles. The number of aromatic nitrogens is 1. The number of benzene rings is 2. The largest absolute Gasteiger partial charge is 0.497 e. The fraction of sp³-hybridized carbons (Fsp3) is 0.318. The van der Waals surface area contributed by atoms with Gasteiger partial charge in [-0.05, 0) is 36.4 Å². The highest BCUT2D eigenvalue weighted by Crippen LogP contribution is 2.36. The summed E-state index contributed by atoms with van der Waals surface area (Å²) in [6, 6.07) is 12.1. The predicted octanol–water partition coefficient (Wildman–Crippen LogP) is 3.35. The maximum Gasteiger partial charge on any atom is 0.243 e. The molecule has 0 atom stereocenters. The van der Waals surface area contributed by atoms with Gasteiger partial charge >= 0.3 is 0 Å². The van der Waals surface area contributed by atoms with E-state index in [4.69, 9.17) is 19.2 Å². The maximum absolute atomic E-state index is 13.0. The van der Waals surface area contributed by atoms with E-state index in [-0.39, 0.29) is 4.90 Å². The Balaban J connectivity index is 1.46. The molecule has 0 spiro atoms. The molecule has 1 fully saturated rings. The summed E-state index contributed by atoms with van der Waals surface area (Å²) >= 11 is 1.54. The lowest BCUT2D eigenvalue weighted by Gasteiger charge is -2.33. The van der Waals surface area contributed by atoms with E-state index in [0.717, 1.165) is 22.1 Å². The second kappa shape index (κ2) is 9.35. The average molecular weight is 476 g/mol. The Morgan fingerprint density at radius 3 is 2.16 bits per heavy atom. The van der Waals surface area contributed by atoms with Crippen LogP contribution in [0.3, 0.4) is 0 Å². The van der Waals surface area contributed by atoms with Crippen molar-refractivity contribution < 1.29 is 22.6 Å². The normalized spacial score (nSPS) is 14.9. The summed E-state index contributed by atoms with van der Waals surface area (Å²) in [5.41, 5.74) is 1.70. The second-order valence-corrected chi connectivity index (χ2v) is 9.92. The van der Waals surface area contributed by atoms with E-state index in [1.807, 2.05) is 23.6 Å². The van der Waals surface area contributed by atoms with E-state index in [1.54, 1.807) is 45.6 Å². The molecule has 2 heterocycles. The van der Waals surface area contributed by atoms with Crippen LogP contribution in [0, 0.1) is 0 Å². The predicted molar refractivity (Wildman–Crippen MR) is 125 cm³/mol. The fourth-order valence-corrected chi connectivity index (χ4v) is 5.86. The summed E-state index contributed by atoms with van der Waals surface area (Å²) in [6.45, 7) is 1.94. The minimum absolute atomic E-state index is 0.273. The molecule has 1 aliphatic rings. The van der Waals surface area contributed by atoms with Crippen molar-refractivity contribution in [3.8, 4) is 28.5 Å². The van der Waals surface area contributed by atoms with Crippen LogP contribution in [0.25, 0.3) is 11.3 Å². The van der Waals surface area contributed by atoms with Gasteiger partial charge in [-0.2, -0.15) is 4.31 Å². The molecule has 32 heavy (non-hydrogen) atoms. The number of rotatable bonds is 7. The zero-order valence-electron chi connectivity index (χ0n) is 18.1. The van der Waals surface area contributed by atoms with Crippen LogP contribution in [0.2, 0.25) is 0 Å². The van der Waals surface area contributed by atoms with Crippen molar-refractivity contribution in [2.75, 3.05) is 52.4 Å². The Kier molecular flexibility index (Phi) is 6.54. The number of piperazine rings is 1. The third-order valence-electron chi connectivity index (χ3n) is 5.38. The first-order valence-electron chi connectivity index (χ1n) is 10.0. The molecule has 0 bridgehead atoms. The lowest BCUT2D eigenvalue weighted by Crippen LogP contribution is -2.48. The highest BCUT2D eigenvalue weighted by atomic mass is 32.2. The third-order valence-corrected chi connectivity index (χ3v) is 8.20. The Bertz CT molecular complexity index is 1170. The van der Waals surface area contributed by atoms with Crippen molar-refractivity contribution in [1.29, 1.82) is 0 Å². The first-order chi connectivity index (χ1) is 15.5. The van der Waals surface area contributed by atoms with Crippen molar-refractivity contribution in [3.05, 3.63) is 47.8 Å². The van der Waals surface area contributed by atoms with Gasteiger partial charge in [0.15, 0.2) is 5.13 Å². The zero-order valence-corrected chi connectivity index (χ0v) is 19.8. The third kappa shape index (κ3) is 4.38. The number of nitrogens with zero attached hydrogens (tertiary/aromatic N) is 3. The molecule has 0 amide bonds. The fourth-order valence-electron chi connectivity index (χ4n) is 3.56. The highest BCUT2D eigenvalue weighted by molar-refractivity contribution is 7.89. The van der Waals surface area contributed by atoms with Gasteiger partial charge in [0.05, 0.1) is 31.9 Å². The van der Waals surface area contributed by atoms with Crippen LogP contribution in [-0.2, 0) is 10.0 Å². The summed E-state index contributed by atoms with van der Waals surface area (Å²) in [7, 11) is 1.25. The molecule has 0 saturated carbocycles. The Hall–Kier alpha value is -2.82. The molecule has 0 unspecified atom stereocenters. The second-order valence-electron chi connectivity index (χ2n) is 7.15. The Labute approximate surface area is 192 Å². The van der Waals surface area contributed by atoms with Crippen molar-refractivity contribution >= 4 is 26.5 Å². The van der Waals surface area contributed by atoms with Crippen LogP contribution in [0.15, 0.2) is 52.7 Å². The SMILES string of the molecule is COc1ccc(S(=O)(=O)N2CCN(c3nc(-c4ccc(OC)cc4OC)cs3)CC2)cc1. The van der Waals surface area contributed by atoms with Crippen LogP contribution in [0.1, 0.15) is 0 Å². The van der Waals surface area contributed by atoms with Crippen LogP contribution in [0.4, 0.5) is 5.13 Å². The van der Waals surface area contributed by atoms with Crippen molar-refractivity contribution in [1.82, 2.24) is 9.29 Å². The molecule has 4 rings (SSSR count). The van der Waals surface area contributed by atoms with E-state index >= 15 is 0 Å². The molecule has 1 saturated heterocycles. The summed E-state index contributed by atoms with van der Waals surface area (Å²) in [5.74, 6) is 2.04. The molecule has 1 aromatic heterocycles. The molecule has 8 nitrogen and oxygen atoms in total. The van der Waals surface area contributed by atoms with E-state index in [9.17, 15) is 8.42 Å². The van der Waals surface area contributed by atoms with E-state index in [1.165, 1.54) is 15.6 Å². The number of ether oxygens (including phenoxy) is 3. The highest BCUT2D eigenvalue weighted by Gasteiger charge is 2.29. The topological polar surface area (TPSA) is 81.2 Å². The molecule has 170 valence electrons. The monoisotopic (exact) mass is 475 g/mol. The minimum Gasteiger partial charge on any atom is -0.497 e. The Morgan fingerprint density at radius 1 is 0.875 bits per heavy atom. The smallest absolute Gasteiger partial charge is 0.243 e. The number of hydrogen-bond acceptors (Lipinski definition) is 8. The minimum atomic E-state index is -3.54. The van der Waals surface area contributed by atoms with Gasteiger partial charge in [0, 0.05) is 43.2 Å². The molecule has 2 aromatic carbocycles. The quantitative estimate of drug-likeness (QED) is 0.518. The van der Waals surface area contributed by atoms with Crippen molar-refractivity contribution in [2.45, 2.75) is 4.90 Å². The maximum atomic E-state index is 13.0. The van der Waals surface area contributed by atoms with Gasteiger partial charge in [0.2, 0.25) is 10.0 Å². The van der Waals surface area contributed by atoms with Gasteiger partial charge < -0.3 is 19.1 Å². The molecule has 10 heteroatoms. The molecule has 0 N–H and O–H groups in total. The standard InChI is InChI=1S/C22H25N3O5S2/c1-28-16-4-7-18(8-5-16)32(26,27)25-12-10-24(11-13-25)22-23-20(15-31-22)19-9-6-17(29-2)14-21(19)30-3/h4-9,14-15H,10-13H2,1-3H3. The summed E-state index contributed by atoms with van der Waals surface area (Å²) in [6.07, 6.45) is 0. The van der Waals surface area contributed by atoms with E-state index < -0.39 is 10.0 Å². The van der Waals surface area contributed by atoms with Crippen molar-refractivity contribution in [3.63, 3.8) is 0 Å². The molecule has 0 radical (unpaired) electrons. The number of thiazole rings is 1. The van der Waals surface area contributed by atoms with Gasteiger partial charge in [0.1, 0.15) is 17.2 Å². The van der Waals surface area contributed by atoms with Crippen LogP contribution in [0.5, 0.6) is 17.2 Å². The van der Waals surface area contributed by atoms with E-state index in [0.29, 0.717) is 37.7 Å². The molecule has 3 aromatic rings. The lowest BCUT2D eigenvalue weighted by molar-refractivity contribution is 0.384. The van der Waals surface area contributed by atoms with Gasteiger partial charge in [0.25, 0.3) is 0 Å². The number of anilines is 1. The Morgan fingerprint density at radius 2 is 1.53 bits per heavy atom. The first-order valence-corrected chi connectivity index (χ1v) is 12.4. The van der Waals surface area contributed by atoms with Gasteiger partial charge in [-0.1, -0.05) is 0 Å². The number of sulfonamides is 1. The summed E-state index contributed by atoms with van der Waals surface area (Å²) in [4.78, 5) is 7.16. The van der Waals surface area contributed by atoms with Crippen molar-refractivity contribution in [2.24, 2.45) is 0 Å². The first kappa shape index (κ1) is 22.4. The zero-order chi connectivity index (χ0) is 22.7. The number of methoxy groups -OCH3 is 3. The average Bonchev–Trinajstić information content (AvgIpc) is 3.33. The van der Waals surface area contributed by atoms with E-state index in [2.05, 4.69) is 4.90 Å². The molecule has 1 aliphatic heterocycles. The van der Waals surface area contributed by atoms with Gasteiger partial charge in [-0.3, -0.25) is 0 Å². The van der Waals surface area contributed by atoms with Gasteiger partial charge in [-0.15, -0.1) is 11.3 Å². The van der Waals surface area contributed by atoms with Crippen LogP contribution in [-0.4, -0.2) is 65.2 Å². The van der Waals surface area contributed by atoms with Crippen LogP contribution < -0.4 is 19.1 Å². The molecular formula is C22H25N3O5S2. The number of hydrogen-bond donors (Lipinski definition) is 0.